The summed E-state index contributed by atoms with van der Waals surface area (Å²) in [5.41, 5.74) is 6.06. The van der Waals surface area contributed by atoms with Crippen LogP contribution in [0.4, 0.5) is 5.69 Å². The minimum atomic E-state index is -1.02. The van der Waals surface area contributed by atoms with Crippen LogP contribution < -0.4 is 4.90 Å². The third-order valence-corrected chi connectivity index (χ3v) is 8.96. The van der Waals surface area contributed by atoms with Crippen molar-refractivity contribution in [1.82, 2.24) is 0 Å². The molecule has 0 bridgehead atoms. The molecule has 0 N–H and O–H groups in total. The Balaban J connectivity index is 1.67. The molecular formula is C38H39Cl2N3O. The molecule has 0 spiro atoms. The number of allylic oxidation sites excluding steroid dienone is 8. The predicted molar refractivity (Wildman–Crippen MR) is 184 cm³/mol. The summed E-state index contributed by atoms with van der Waals surface area (Å²) < 4.78 is 6.37. The number of hydrogen-bond acceptors (Lipinski definition) is 3. The van der Waals surface area contributed by atoms with Crippen molar-refractivity contribution in [3.63, 3.8) is 0 Å². The molecule has 0 amide bonds. The fraction of sp³-hybridized carbons (Fsp3) is 0.316. The van der Waals surface area contributed by atoms with Gasteiger partial charge in [-0.1, -0.05) is 91.7 Å². The molecule has 4 nitrogen and oxygen atoms in total. The normalized spacial score (nSPS) is 21.8. The second-order valence-electron chi connectivity index (χ2n) is 12.1. The zero-order valence-corrected chi connectivity index (χ0v) is 27.9. The van der Waals surface area contributed by atoms with Crippen LogP contribution in [0.5, 0.6) is 0 Å². The summed E-state index contributed by atoms with van der Waals surface area (Å²) in [7, 11) is 0. The summed E-state index contributed by atoms with van der Waals surface area (Å²) in [6.45, 7) is 22.0. The molecule has 2 aromatic carbocycles. The maximum atomic E-state index is 10.2. The van der Waals surface area contributed by atoms with Crippen molar-refractivity contribution in [2.45, 2.75) is 60.0 Å². The van der Waals surface area contributed by atoms with E-state index >= 15 is 0 Å². The van der Waals surface area contributed by atoms with Gasteiger partial charge >= 0.3 is 0 Å². The lowest BCUT2D eigenvalue weighted by atomic mass is 9.75. The Hall–Kier alpha value is -3.96. The van der Waals surface area contributed by atoms with E-state index in [1.807, 2.05) is 25.1 Å². The number of rotatable bonds is 8. The van der Waals surface area contributed by atoms with Crippen molar-refractivity contribution < 1.29 is 4.74 Å². The van der Waals surface area contributed by atoms with Crippen LogP contribution in [0.15, 0.2) is 107 Å². The SMILES string of the molecule is [C-]#[N+]/C(C)=C1\OC(C)(c2ccc(Cl)c(Cl)c2)C(/C=C/C=C2C=C(/C=C/c3ccc(N(CC)CC)cc3)CC(C)(C)C/2)=C1C#N. The van der Waals surface area contributed by atoms with Crippen molar-refractivity contribution in [2.75, 3.05) is 18.0 Å². The molecule has 226 valence electrons. The van der Waals surface area contributed by atoms with Crippen LogP contribution in [0.1, 0.15) is 65.5 Å². The average Bonchev–Trinajstić information content (AvgIpc) is 3.29. The lowest BCUT2D eigenvalue weighted by molar-refractivity contribution is 0.0748. The van der Waals surface area contributed by atoms with Gasteiger partial charge in [0.2, 0.25) is 5.70 Å². The molecule has 0 aromatic heterocycles. The van der Waals surface area contributed by atoms with Crippen LogP contribution >= 0.6 is 23.2 Å². The van der Waals surface area contributed by atoms with Gasteiger partial charge in [0.05, 0.1) is 22.2 Å². The molecular weight excluding hydrogens is 585 g/mol. The van der Waals surface area contributed by atoms with E-state index in [9.17, 15) is 5.26 Å². The van der Waals surface area contributed by atoms with Crippen molar-refractivity contribution in [2.24, 2.45) is 5.41 Å². The lowest BCUT2D eigenvalue weighted by Crippen LogP contribution is -2.23. The smallest absolute Gasteiger partial charge is 0.204 e. The van der Waals surface area contributed by atoms with E-state index in [0.717, 1.165) is 31.5 Å². The van der Waals surface area contributed by atoms with Crippen molar-refractivity contribution in [3.8, 4) is 6.07 Å². The number of halogens is 2. The van der Waals surface area contributed by atoms with E-state index in [2.05, 4.69) is 92.1 Å². The minimum Gasteiger partial charge on any atom is -0.488 e. The van der Waals surface area contributed by atoms with Crippen LogP contribution in [-0.2, 0) is 10.3 Å². The highest BCUT2D eigenvalue weighted by molar-refractivity contribution is 6.42. The fourth-order valence-electron chi connectivity index (χ4n) is 5.92. The third kappa shape index (κ3) is 7.22. The number of hydrogen-bond donors (Lipinski definition) is 0. The second-order valence-corrected chi connectivity index (χ2v) is 12.9. The number of nitriles is 1. The second kappa shape index (κ2) is 13.8. The van der Waals surface area contributed by atoms with Gasteiger partial charge in [0.1, 0.15) is 11.8 Å². The molecule has 4 rings (SSSR count). The van der Waals surface area contributed by atoms with Crippen LogP contribution in [0.3, 0.4) is 0 Å². The zero-order chi connectivity index (χ0) is 32.1. The molecule has 0 saturated heterocycles. The molecule has 2 aromatic rings. The number of ether oxygens (including phenoxy) is 1. The first-order valence-electron chi connectivity index (χ1n) is 14.9. The summed E-state index contributed by atoms with van der Waals surface area (Å²) in [6, 6.07) is 16.3. The first-order valence-corrected chi connectivity index (χ1v) is 15.7. The third-order valence-electron chi connectivity index (χ3n) is 8.22. The Bertz CT molecular complexity index is 1690. The van der Waals surface area contributed by atoms with Crippen LogP contribution in [0.25, 0.3) is 10.9 Å². The minimum absolute atomic E-state index is 0.103. The van der Waals surface area contributed by atoms with Crippen molar-refractivity contribution in [3.05, 3.63) is 139 Å². The highest BCUT2D eigenvalue weighted by atomic mass is 35.5. The van der Waals surface area contributed by atoms with E-state index in [0.29, 0.717) is 32.6 Å². The number of benzene rings is 2. The predicted octanol–water partition coefficient (Wildman–Crippen LogP) is 11.0. The van der Waals surface area contributed by atoms with Gasteiger partial charge in [-0.25, -0.2) is 4.85 Å². The summed E-state index contributed by atoms with van der Waals surface area (Å²) in [6.07, 6.45) is 14.6. The molecule has 44 heavy (non-hydrogen) atoms. The Kier molecular flexibility index (Phi) is 10.3. The summed E-state index contributed by atoms with van der Waals surface area (Å²) in [5.74, 6) is 0.291. The van der Waals surface area contributed by atoms with E-state index < -0.39 is 5.60 Å². The van der Waals surface area contributed by atoms with Gasteiger partial charge in [0.15, 0.2) is 5.60 Å². The van der Waals surface area contributed by atoms with Gasteiger partial charge in [-0.05, 0) is 86.9 Å². The highest BCUT2D eigenvalue weighted by Gasteiger charge is 2.43. The van der Waals surface area contributed by atoms with E-state index in [-0.39, 0.29) is 5.41 Å². The monoisotopic (exact) mass is 623 g/mol. The first kappa shape index (κ1) is 32.9. The van der Waals surface area contributed by atoms with Crippen LogP contribution in [0.2, 0.25) is 10.0 Å². The molecule has 0 radical (unpaired) electrons. The molecule has 2 aliphatic rings. The van der Waals surface area contributed by atoms with E-state index in [4.69, 9.17) is 34.5 Å². The molecule has 1 aliphatic carbocycles. The van der Waals surface area contributed by atoms with Gasteiger partial charge in [-0.3, -0.25) is 0 Å². The summed E-state index contributed by atoms with van der Waals surface area (Å²) in [5, 5.41) is 11.0. The molecule has 1 heterocycles. The molecule has 1 atom stereocenters. The standard InChI is InChI=1S/C38H39Cl2N3O/c1-8-43(9-2)31-18-15-27(16-19-31)13-14-29-21-28(23-37(4,5)24-29)11-10-12-33-32(25-41)36(26(3)42-7)44-38(33,6)30-17-20-34(39)35(40)22-30/h10-22H,8-9,23-24H2,1-6H3/b12-10+,14-13+,28-11-,36-26-. The van der Waals surface area contributed by atoms with Gasteiger partial charge < -0.3 is 9.64 Å². The first-order chi connectivity index (χ1) is 20.9. The molecule has 0 saturated carbocycles. The van der Waals surface area contributed by atoms with Crippen LogP contribution in [0, 0.1) is 23.3 Å². The largest absolute Gasteiger partial charge is 0.488 e. The van der Waals surface area contributed by atoms with Gasteiger partial charge in [0, 0.05) is 29.9 Å². The van der Waals surface area contributed by atoms with Crippen molar-refractivity contribution in [1.29, 1.82) is 5.26 Å². The lowest BCUT2D eigenvalue weighted by Gasteiger charge is -2.30. The Morgan fingerprint density at radius 2 is 1.73 bits per heavy atom. The van der Waals surface area contributed by atoms with Gasteiger partial charge in [-0.2, -0.15) is 5.26 Å². The Morgan fingerprint density at radius 1 is 1.02 bits per heavy atom. The average molecular weight is 625 g/mol. The maximum Gasteiger partial charge on any atom is 0.204 e. The summed E-state index contributed by atoms with van der Waals surface area (Å²) >= 11 is 12.6. The topological polar surface area (TPSA) is 40.6 Å². The van der Waals surface area contributed by atoms with Crippen LogP contribution in [-0.4, -0.2) is 13.1 Å². The Labute approximate surface area is 272 Å². The summed E-state index contributed by atoms with van der Waals surface area (Å²) in [4.78, 5) is 5.89. The molecule has 1 aliphatic heterocycles. The number of anilines is 1. The highest BCUT2D eigenvalue weighted by Crippen LogP contribution is 2.48. The molecule has 0 fully saturated rings. The Morgan fingerprint density at radius 3 is 2.34 bits per heavy atom. The zero-order valence-electron chi connectivity index (χ0n) is 26.3. The quantitative estimate of drug-likeness (QED) is 0.274. The fourth-order valence-corrected chi connectivity index (χ4v) is 6.21. The van der Waals surface area contributed by atoms with Gasteiger partial charge in [-0.15, -0.1) is 0 Å². The maximum absolute atomic E-state index is 10.2. The molecule has 6 heteroatoms. The number of nitrogens with zero attached hydrogens (tertiary/aromatic N) is 3. The molecule has 1 unspecified atom stereocenters. The van der Waals surface area contributed by atoms with Gasteiger partial charge in [0.25, 0.3) is 0 Å². The van der Waals surface area contributed by atoms with Crippen molar-refractivity contribution >= 4 is 35.0 Å². The van der Waals surface area contributed by atoms with E-state index in [1.165, 1.54) is 22.4 Å². The van der Waals surface area contributed by atoms with E-state index in [1.54, 1.807) is 19.1 Å².